The van der Waals surface area contributed by atoms with Gasteiger partial charge in [0.15, 0.2) is 0 Å². The first-order valence-corrected chi connectivity index (χ1v) is 8.85. The molecule has 147 valence electrons. The van der Waals surface area contributed by atoms with Gasteiger partial charge in [-0.1, -0.05) is 30.3 Å². The monoisotopic (exact) mass is 407 g/mol. The highest BCUT2D eigenvalue weighted by molar-refractivity contribution is 7.74. The molecule has 0 saturated heterocycles. The number of nitrogens with zero attached hydrogens (tertiary/aromatic N) is 3. The molecule has 1 radical (unpaired) electrons. The van der Waals surface area contributed by atoms with Crippen molar-refractivity contribution < 1.29 is 17.7 Å². The van der Waals surface area contributed by atoms with Crippen LogP contribution in [-0.2, 0) is 6.18 Å². The summed E-state index contributed by atoms with van der Waals surface area (Å²) in [6, 6.07) is 14.3. The molecule has 0 amide bonds. The number of hydrogen-bond donors (Lipinski definition) is 3. The number of nitrogens with two attached hydrogens (primary N) is 1. The van der Waals surface area contributed by atoms with Crippen LogP contribution in [0.5, 0.6) is 0 Å². The molecule has 1 saturated carbocycles. The molecule has 1 fully saturated rings. The summed E-state index contributed by atoms with van der Waals surface area (Å²) in [6.45, 7) is 1.99. The Morgan fingerprint density at radius 3 is 2.39 bits per heavy atom. The number of nitrogen functional groups attached to an aromatic ring is 1. The van der Waals surface area contributed by atoms with E-state index in [0.717, 1.165) is 39.8 Å². The maximum Gasteiger partial charge on any atom is 0.453 e. The van der Waals surface area contributed by atoms with Crippen LogP contribution in [0, 0.1) is 13.0 Å². The van der Waals surface area contributed by atoms with E-state index >= 15 is 0 Å². The van der Waals surface area contributed by atoms with Crippen LogP contribution in [0.3, 0.4) is 0 Å². The number of alkyl halides is 3. The van der Waals surface area contributed by atoms with Gasteiger partial charge in [0.1, 0.15) is 0 Å². The Labute approximate surface area is 165 Å². The van der Waals surface area contributed by atoms with Crippen LogP contribution in [0.2, 0.25) is 0 Å². The molecule has 1 aliphatic rings. The van der Waals surface area contributed by atoms with E-state index in [2.05, 4.69) is 29.1 Å². The predicted octanol–water partition coefficient (Wildman–Crippen LogP) is 4.91. The van der Waals surface area contributed by atoms with Gasteiger partial charge in [0.05, 0.1) is 5.69 Å². The molecular formula is C19H18F3N4OS. The molecule has 3 N–H and O–H groups in total. The van der Waals surface area contributed by atoms with Crippen molar-refractivity contribution in [2.75, 3.05) is 5.73 Å². The average molecular weight is 407 g/mol. The standard InChI is InChI=1S/C19H16F3N4.H2OS/c1-11-9-15(13-7-8-13)16(10-14(11)12-5-3-2-4-6-12)26-18(23)24-17(25-26)19(20,21)22;1-2/h3-6,9-10,13H,7-8H2,1H3,(H2,23,24,25);1-2H. The minimum absolute atomic E-state index is 0.268. The van der Waals surface area contributed by atoms with Crippen molar-refractivity contribution in [1.29, 1.82) is 0 Å². The molecule has 5 nitrogen and oxygen atoms in total. The Balaban J connectivity index is 0.00000109. The molecule has 4 rings (SSSR count). The number of rotatable bonds is 3. The minimum Gasteiger partial charge on any atom is -0.368 e. The molecule has 9 heteroatoms. The zero-order valence-corrected chi connectivity index (χ0v) is 15.8. The second-order valence-corrected chi connectivity index (χ2v) is 6.49. The molecule has 1 aliphatic carbocycles. The van der Waals surface area contributed by atoms with Gasteiger partial charge >= 0.3 is 6.18 Å². The van der Waals surface area contributed by atoms with Crippen LogP contribution in [-0.4, -0.2) is 19.3 Å². The number of hydrogen-bond acceptors (Lipinski definition) is 5. The smallest absolute Gasteiger partial charge is 0.368 e. The van der Waals surface area contributed by atoms with Gasteiger partial charge in [0, 0.05) is 0 Å². The lowest BCUT2D eigenvalue weighted by atomic mass is 9.95. The van der Waals surface area contributed by atoms with Gasteiger partial charge < -0.3 is 10.3 Å². The van der Waals surface area contributed by atoms with Crippen LogP contribution in [0.15, 0.2) is 36.4 Å². The van der Waals surface area contributed by atoms with Crippen molar-refractivity contribution in [3.8, 4) is 16.8 Å². The first-order chi connectivity index (χ1) is 13.3. The molecule has 0 spiro atoms. The highest BCUT2D eigenvalue weighted by Crippen LogP contribution is 2.45. The van der Waals surface area contributed by atoms with Crippen molar-refractivity contribution in [2.24, 2.45) is 0 Å². The first-order valence-electron chi connectivity index (χ1n) is 8.45. The Morgan fingerprint density at radius 2 is 1.86 bits per heavy atom. The van der Waals surface area contributed by atoms with E-state index in [-0.39, 0.29) is 5.95 Å². The normalized spacial score (nSPS) is 13.8. The van der Waals surface area contributed by atoms with Crippen molar-refractivity contribution in [1.82, 2.24) is 14.8 Å². The lowest BCUT2D eigenvalue weighted by Crippen LogP contribution is -2.09. The third-order valence-electron chi connectivity index (χ3n) is 4.53. The Hall–Kier alpha value is -2.52. The van der Waals surface area contributed by atoms with Crippen molar-refractivity contribution >= 4 is 18.9 Å². The van der Waals surface area contributed by atoms with Crippen molar-refractivity contribution in [3.63, 3.8) is 0 Å². The molecule has 1 aromatic heterocycles. The van der Waals surface area contributed by atoms with E-state index in [1.165, 1.54) is 0 Å². The summed E-state index contributed by atoms with van der Waals surface area (Å²) in [5.74, 6) is -1.18. The average Bonchev–Trinajstić information content (AvgIpc) is 3.45. The number of benzene rings is 2. The summed E-state index contributed by atoms with van der Waals surface area (Å²) < 4.78 is 46.7. The Morgan fingerprint density at radius 1 is 1.21 bits per heavy atom. The zero-order valence-electron chi connectivity index (χ0n) is 14.9. The number of thiol groups is 1. The van der Waals surface area contributed by atoms with E-state index in [4.69, 9.17) is 10.3 Å². The van der Waals surface area contributed by atoms with Gasteiger partial charge in [0.2, 0.25) is 5.95 Å². The van der Waals surface area contributed by atoms with E-state index in [9.17, 15) is 13.2 Å². The molecule has 28 heavy (non-hydrogen) atoms. The molecule has 1 heterocycles. The molecular weight excluding hydrogens is 389 g/mol. The van der Waals surface area contributed by atoms with Crippen molar-refractivity contribution in [2.45, 2.75) is 31.9 Å². The fourth-order valence-corrected chi connectivity index (χ4v) is 3.12. The molecule has 3 aromatic rings. The predicted molar refractivity (Wildman–Crippen MR) is 103 cm³/mol. The summed E-state index contributed by atoms with van der Waals surface area (Å²) >= 11 is 2.53. The summed E-state index contributed by atoms with van der Waals surface area (Å²) in [6.07, 6.45) is -2.62. The zero-order chi connectivity index (χ0) is 20.5. The number of aromatic nitrogens is 3. The van der Waals surface area contributed by atoms with Gasteiger partial charge in [-0.15, -0.1) is 5.10 Å². The molecule has 2 aromatic carbocycles. The number of aryl methyl sites for hydroxylation is 1. The van der Waals surface area contributed by atoms with E-state index in [1.807, 2.05) is 31.2 Å². The van der Waals surface area contributed by atoms with E-state index < -0.39 is 12.0 Å². The SMILES string of the molecule is Cc1cc(C2CC2)c(-n2nc(C(F)(F)F)nc2N)cc1-c1cc[c]cc1.OS. The second-order valence-electron chi connectivity index (χ2n) is 6.49. The maximum absolute atomic E-state index is 13.0. The van der Waals surface area contributed by atoms with Gasteiger partial charge in [-0.25, -0.2) is 0 Å². The number of halogens is 3. The van der Waals surface area contributed by atoms with E-state index in [0.29, 0.717) is 11.6 Å². The highest BCUT2D eigenvalue weighted by atomic mass is 32.1. The quantitative estimate of drug-likeness (QED) is 0.426. The summed E-state index contributed by atoms with van der Waals surface area (Å²) in [4.78, 5) is 3.40. The third-order valence-corrected chi connectivity index (χ3v) is 4.53. The Kier molecular flexibility index (Phi) is 5.66. The lowest BCUT2D eigenvalue weighted by Gasteiger charge is -2.15. The summed E-state index contributed by atoms with van der Waals surface area (Å²) in [7, 11) is 0. The fourth-order valence-electron chi connectivity index (χ4n) is 3.12. The fraction of sp³-hybridized carbons (Fsp3) is 0.263. The summed E-state index contributed by atoms with van der Waals surface area (Å²) in [5, 5.41) is 3.64. The molecule has 0 unspecified atom stereocenters. The molecule has 0 aliphatic heterocycles. The van der Waals surface area contributed by atoms with Crippen LogP contribution in [0.1, 0.15) is 35.7 Å². The van der Waals surface area contributed by atoms with Crippen molar-refractivity contribution in [3.05, 3.63) is 59.4 Å². The minimum atomic E-state index is -4.64. The van der Waals surface area contributed by atoms with Crippen LogP contribution in [0.25, 0.3) is 16.8 Å². The molecule has 0 atom stereocenters. The Bertz CT molecular complexity index is 969. The van der Waals surface area contributed by atoms with Gasteiger partial charge in [-0.2, -0.15) is 22.8 Å². The van der Waals surface area contributed by atoms with Crippen LogP contribution >= 0.6 is 12.9 Å². The maximum atomic E-state index is 13.0. The van der Waals surface area contributed by atoms with Crippen LogP contribution in [0.4, 0.5) is 19.1 Å². The largest absolute Gasteiger partial charge is 0.453 e. The first kappa shape index (κ1) is 20.2. The third kappa shape index (κ3) is 4.00. The highest BCUT2D eigenvalue weighted by Gasteiger charge is 2.38. The topological polar surface area (TPSA) is 77.0 Å². The van der Waals surface area contributed by atoms with Gasteiger partial charge in [-0.05, 0) is 73.0 Å². The number of anilines is 1. The second kappa shape index (κ2) is 7.84. The van der Waals surface area contributed by atoms with Gasteiger partial charge in [-0.3, -0.25) is 0 Å². The van der Waals surface area contributed by atoms with Gasteiger partial charge in [0.25, 0.3) is 5.82 Å². The molecule has 0 bridgehead atoms. The van der Waals surface area contributed by atoms with Crippen LogP contribution < -0.4 is 5.73 Å². The summed E-state index contributed by atoms with van der Waals surface area (Å²) in [5.41, 5.74) is 10.2. The van der Waals surface area contributed by atoms with E-state index in [1.54, 1.807) is 12.1 Å². The lowest BCUT2D eigenvalue weighted by molar-refractivity contribution is -0.144.